The van der Waals surface area contributed by atoms with E-state index in [-0.39, 0.29) is 11.9 Å². The molecule has 1 aromatic heterocycles. The third kappa shape index (κ3) is 4.57. The van der Waals surface area contributed by atoms with Crippen molar-refractivity contribution in [3.8, 4) is 0 Å². The second kappa shape index (κ2) is 6.85. The molecule has 1 unspecified atom stereocenters. The van der Waals surface area contributed by atoms with Crippen LogP contribution >= 0.6 is 0 Å². The number of halogens is 1. The summed E-state index contributed by atoms with van der Waals surface area (Å²) in [5.74, 6) is -3.88. The predicted molar refractivity (Wildman–Crippen MR) is 73.5 cm³/mol. The third-order valence-electron chi connectivity index (χ3n) is 2.63. The minimum absolute atomic E-state index is 0.000376. The van der Waals surface area contributed by atoms with E-state index in [1.807, 2.05) is 13.8 Å². The van der Waals surface area contributed by atoms with Crippen LogP contribution in [0.4, 0.5) is 4.39 Å². The van der Waals surface area contributed by atoms with Crippen molar-refractivity contribution in [3.05, 3.63) is 35.3 Å². The molecule has 0 radical (unpaired) electrons. The van der Waals surface area contributed by atoms with Crippen molar-refractivity contribution >= 4 is 22.9 Å². The molecule has 1 atom stereocenters. The molecule has 0 saturated carbocycles. The standard InChI is InChI=1S/C12H14FNO.C2H2O4/c1-7-6-15-12-9(3-8(2)14)4-10(13)5-11(7)12;3-1(4)2(5)6/h4-6,8H,3,14H2,1-2H3;(H,3,4)(H,5,6). The summed E-state index contributed by atoms with van der Waals surface area (Å²) in [6, 6.07) is 2.99. The highest BCUT2D eigenvalue weighted by molar-refractivity contribution is 6.27. The number of hydrogen-bond donors (Lipinski definition) is 3. The molecule has 7 heteroatoms. The lowest BCUT2D eigenvalue weighted by molar-refractivity contribution is -0.159. The van der Waals surface area contributed by atoms with Gasteiger partial charge in [-0.2, -0.15) is 0 Å². The Hall–Kier alpha value is -2.41. The number of carboxylic acids is 2. The van der Waals surface area contributed by atoms with Crippen molar-refractivity contribution in [3.63, 3.8) is 0 Å². The molecule has 114 valence electrons. The van der Waals surface area contributed by atoms with Gasteiger partial charge < -0.3 is 20.4 Å². The second-order valence-electron chi connectivity index (χ2n) is 4.65. The molecule has 0 spiro atoms. The van der Waals surface area contributed by atoms with Crippen LogP contribution in [0.1, 0.15) is 18.1 Å². The van der Waals surface area contributed by atoms with Gasteiger partial charge in [0.2, 0.25) is 0 Å². The molecular formula is C14H16FNO5. The van der Waals surface area contributed by atoms with Gasteiger partial charge in [0.05, 0.1) is 6.26 Å². The first-order chi connectivity index (χ1) is 9.72. The Morgan fingerprint density at radius 3 is 2.38 bits per heavy atom. The molecule has 0 amide bonds. The number of furan rings is 1. The van der Waals surface area contributed by atoms with Crippen LogP contribution in [0.15, 0.2) is 22.8 Å². The van der Waals surface area contributed by atoms with E-state index < -0.39 is 11.9 Å². The molecule has 2 aromatic rings. The molecule has 0 saturated heterocycles. The highest BCUT2D eigenvalue weighted by Crippen LogP contribution is 2.26. The first-order valence-electron chi connectivity index (χ1n) is 6.10. The summed E-state index contributed by atoms with van der Waals surface area (Å²) < 4.78 is 18.7. The van der Waals surface area contributed by atoms with Crippen molar-refractivity contribution in [2.24, 2.45) is 5.73 Å². The molecule has 6 nitrogen and oxygen atoms in total. The van der Waals surface area contributed by atoms with E-state index in [1.54, 1.807) is 6.26 Å². The molecule has 0 fully saturated rings. The van der Waals surface area contributed by atoms with E-state index in [4.69, 9.17) is 30.0 Å². The van der Waals surface area contributed by atoms with Crippen LogP contribution in [-0.2, 0) is 16.0 Å². The lowest BCUT2D eigenvalue weighted by Crippen LogP contribution is -2.17. The molecule has 4 N–H and O–H groups in total. The average Bonchev–Trinajstić information content (AvgIpc) is 2.71. The van der Waals surface area contributed by atoms with Crippen LogP contribution in [0, 0.1) is 12.7 Å². The van der Waals surface area contributed by atoms with E-state index in [0.717, 1.165) is 22.1 Å². The molecule has 2 rings (SSSR count). The number of aryl methyl sites for hydroxylation is 1. The highest BCUT2D eigenvalue weighted by Gasteiger charge is 2.11. The van der Waals surface area contributed by atoms with Crippen molar-refractivity contribution in [1.29, 1.82) is 0 Å². The Morgan fingerprint density at radius 2 is 1.90 bits per heavy atom. The number of fused-ring (bicyclic) bond motifs is 1. The fraction of sp³-hybridized carbons (Fsp3) is 0.286. The summed E-state index contributed by atoms with van der Waals surface area (Å²) in [7, 11) is 0. The van der Waals surface area contributed by atoms with E-state index in [1.165, 1.54) is 12.1 Å². The monoisotopic (exact) mass is 297 g/mol. The van der Waals surface area contributed by atoms with Crippen molar-refractivity contribution < 1.29 is 28.6 Å². The van der Waals surface area contributed by atoms with E-state index in [0.29, 0.717) is 6.42 Å². The molecular weight excluding hydrogens is 281 g/mol. The number of aliphatic carboxylic acids is 2. The van der Waals surface area contributed by atoms with Crippen LogP contribution in [0.5, 0.6) is 0 Å². The molecule has 0 aliphatic carbocycles. The van der Waals surface area contributed by atoms with Crippen LogP contribution in [0.2, 0.25) is 0 Å². The van der Waals surface area contributed by atoms with Gasteiger partial charge in [0.15, 0.2) is 0 Å². The summed E-state index contributed by atoms with van der Waals surface area (Å²) in [5, 5.41) is 15.6. The zero-order valence-corrected chi connectivity index (χ0v) is 11.6. The molecule has 1 aromatic carbocycles. The van der Waals surface area contributed by atoms with Gasteiger partial charge in [-0.05, 0) is 43.5 Å². The average molecular weight is 297 g/mol. The van der Waals surface area contributed by atoms with Crippen LogP contribution in [0.3, 0.4) is 0 Å². The topological polar surface area (TPSA) is 114 Å². The smallest absolute Gasteiger partial charge is 0.414 e. The Bertz CT molecular complexity index is 651. The number of nitrogens with two attached hydrogens (primary N) is 1. The first kappa shape index (κ1) is 16.6. The van der Waals surface area contributed by atoms with Gasteiger partial charge in [-0.25, -0.2) is 14.0 Å². The minimum Gasteiger partial charge on any atom is -0.473 e. The van der Waals surface area contributed by atoms with Gasteiger partial charge in [-0.3, -0.25) is 0 Å². The number of benzene rings is 1. The number of hydrogen-bond acceptors (Lipinski definition) is 4. The maximum absolute atomic E-state index is 13.3. The summed E-state index contributed by atoms with van der Waals surface area (Å²) >= 11 is 0. The first-order valence-corrected chi connectivity index (χ1v) is 6.10. The van der Waals surface area contributed by atoms with Gasteiger partial charge in [0.1, 0.15) is 11.4 Å². The van der Waals surface area contributed by atoms with Crippen molar-refractivity contribution in [2.75, 3.05) is 0 Å². The third-order valence-corrected chi connectivity index (χ3v) is 2.63. The Balaban J connectivity index is 0.000000315. The normalized spacial score (nSPS) is 11.6. The van der Waals surface area contributed by atoms with Gasteiger partial charge >= 0.3 is 11.9 Å². The number of rotatable bonds is 2. The number of carbonyl (C=O) groups is 2. The number of carboxylic acid groups (broad SMARTS) is 2. The Morgan fingerprint density at radius 1 is 1.33 bits per heavy atom. The molecule has 21 heavy (non-hydrogen) atoms. The van der Waals surface area contributed by atoms with Crippen LogP contribution < -0.4 is 5.73 Å². The van der Waals surface area contributed by atoms with Gasteiger partial charge in [0, 0.05) is 11.4 Å². The fourth-order valence-corrected chi connectivity index (χ4v) is 1.79. The van der Waals surface area contributed by atoms with E-state index in [9.17, 15) is 4.39 Å². The highest BCUT2D eigenvalue weighted by atomic mass is 19.1. The quantitative estimate of drug-likeness (QED) is 0.730. The SMILES string of the molecule is Cc1coc2c(CC(C)N)cc(F)cc12.O=C(O)C(=O)O. The minimum atomic E-state index is -1.82. The van der Waals surface area contributed by atoms with E-state index >= 15 is 0 Å². The maximum atomic E-state index is 13.3. The van der Waals surface area contributed by atoms with E-state index in [2.05, 4.69) is 0 Å². The Labute approximate surface area is 120 Å². The van der Waals surface area contributed by atoms with Gasteiger partial charge in [0.25, 0.3) is 0 Å². The lowest BCUT2D eigenvalue weighted by Gasteiger charge is -2.06. The summed E-state index contributed by atoms with van der Waals surface area (Å²) in [5.41, 5.74) is 8.26. The molecule has 0 aliphatic rings. The van der Waals surface area contributed by atoms with Crippen LogP contribution in [0.25, 0.3) is 11.0 Å². The zero-order chi connectivity index (χ0) is 16.2. The maximum Gasteiger partial charge on any atom is 0.414 e. The Kier molecular flexibility index (Phi) is 5.43. The summed E-state index contributed by atoms with van der Waals surface area (Å²) in [6.07, 6.45) is 2.27. The van der Waals surface area contributed by atoms with Crippen LogP contribution in [-0.4, -0.2) is 28.2 Å². The molecule has 0 bridgehead atoms. The van der Waals surface area contributed by atoms with Gasteiger partial charge in [-0.1, -0.05) is 0 Å². The summed E-state index contributed by atoms with van der Waals surface area (Å²) in [6.45, 7) is 3.80. The largest absolute Gasteiger partial charge is 0.473 e. The van der Waals surface area contributed by atoms with Crippen molar-refractivity contribution in [2.45, 2.75) is 26.3 Å². The summed E-state index contributed by atoms with van der Waals surface area (Å²) in [4.78, 5) is 18.2. The fourth-order valence-electron chi connectivity index (χ4n) is 1.79. The van der Waals surface area contributed by atoms with Crippen molar-refractivity contribution in [1.82, 2.24) is 0 Å². The predicted octanol–water partition coefficient (Wildman–Crippen LogP) is 1.93. The molecule has 1 heterocycles. The molecule has 0 aliphatic heterocycles. The zero-order valence-electron chi connectivity index (χ0n) is 11.6. The second-order valence-corrected chi connectivity index (χ2v) is 4.65. The van der Waals surface area contributed by atoms with Gasteiger partial charge in [-0.15, -0.1) is 0 Å². The lowest BCUT2D eigenvalue weighted by atomic mass is 10.0.